The van der Waals surface area contributed by atoms with Gasteiger partial charge in [-0.3, -0.25) is 4.99 Å². The van der Waals surface area contributed by atoms with Gasteiger partial charge in [0.15, 0.2) is 5.96 Å². The van der Waals surface area contributed by atoms with Gasteiger partial charge in [0.25, 0.3) is 0 Å². The number of aliphatic imine (C=N–C) groups is 1. The fourth-order valence-corrected chi connectivity index (χ4v) is 1.32. The summed E-state index contributed by atoms with van der Waals surface area (Å²) >= 11 is 0. The summed E-state index contributed by atoms with van der Waals surface area (Å²) in [7, 11) is 0. The molecule has 82 valence electrons. The second-order valence-electron chi connectivity index (χ2n) is 3.40. The van der Waals surface area contributed by atoms with Gasteiger partial charge in [-0.25, -0.2) is 0 Å². The van der Waals surface area contributed by atoms with Crippen LogP contribution in [0.5, 0.6) is 0 Å². The zero-order valence-electron chi connectivity index (χ0n) is 9.20. The summed E-state index contributed by atoms with van der Waals surface area (Å²) < 4.78 is 0. The average Bonchev–Trinajstić information content (AvgIpc) is 2.18. The molecule has 1 aromatic carbocycles. The number of guanidine groups is 1. The standard InChI is InChI=1S/C11H18N4/c1-3-14-11(13)15-10(12)9-6-4-5-8(2)7-9/h4-7,10H,3,12H2,1-2H3,(H3,13,14,15)/t10-/m0/s1. The number of benzene rings is 1. The largest absolute Gasteiger partial charge is 0.370 e. The predicted molar refractivity (Wildman–Crippen MR) is 63.4 cm³/mol. The molecule has 0 spiro atoms. The van der Waals surface area contributed by atoms with Crippen molar-refractivity contribution in [2.45, 2.75) is 20.0 Å². The van der Waals surface area contributed by atoms with Crippen molar-refractivity contribution in [3.05, 3.63) is 35.4 Å². The zero-order chi connectivity index (χ0) is 11.3. The molecule has 0 fully saturated rings. The molecule has 0 aliphatic carbocycles. The number of nitrogens with zero attached hydrogens (tertiary/aromatic N) is 1. The van der Waals surface area contributed by atoms with Gasteiger partial charge < -0.3 is 16.8 Å². The van der Waals surface area contributed by atoms with Crippen LogP contribution in [-0.4, -0.2) is 12.5 Å². The lowest BCUT2D eigenvalue weighted by molar-refractivity contribution is 0.674. The Bertz CT molecular complexity index is 346. The summed E-state index contributed by atoms with van der Waals surface area (Å²) in [6.45, 7) is 4.60. The van der Waals surface area contributed by atoms with E-state index in [-0.39, 0.29) is 6.17 Å². The van der Waals surface area contributed by atoms with Crippen molar-refractivity contribution < 1.29 is 0 Å². The summed E-state index contributed by atoms with van der Waals surface area (Å²) in [6, 6.07) is 7.99. The number of hydrogen-bond acceptors (Lipinski definition) is 2. The van der Waals surface area contributed by atoms with E-state index in [1.54, 1.807) is 0 Å². The van der Waals surface area contributed by atoms with Gasteiger partial charge in [-0.05, 0) is 19.4 Å². The van der Waals surface area contributed by atoms with Gasteiger partial charge in [-0.2, -0.15) is 0 Å². The van der Waals surface area contributed by atoms with Crippen molar-refractivity contribution in [3.8, 4) is 0 Å². The first-order valence-electron chi connectivity index (χ1n) is 5.02. The van der Waals surface area contributed by atoms with Crippen LogP contribution in [0.3, 0.4) is 0 Å². The van der Waals surface area contributed by atoms with E-state index in [9.17, 15) is 0 Å². The molecule has 15 heavy (non-hydrogen) atoms. The van der Waals surface area contributed by atoms with Crippen molar-refractivity contribution in [2.75, 3.05) is 6.54 Å². The molecule has 1 atom stereocenters. The fraction of sp³-hybridized carbons (Fsp3) is 0.364. The number of nitrogens with one attached hydrogen (secondary N) is 1. The highest BCUT2D eigenvalue weighted by Crippen LogP contribution is 2.09. The van der Waals surface area contributed by atoms with Gasteiger partial charge >= 0.3 is 0 Å². The lowest BCUT2D eigenvalue weighted by Gasteiger charge is -2.15. The van der Waals surface area contributed by atoms with Crippen molar-refractivity contribution in [3.63, 3.8) is 0 Å². The topological polar surface area (TPSA) is 76.4 Å². The molecule has 0 saturated heterocycles. The normalized spacial score (nSPS) is 13.7. The molecule has 0 saturated carbocycles. The van der Waals surface area contributed by atoms with E-state index in [4.69, 9.17) is 11.5 Å². The minimum absolute atomic E-state index is 0.305. The van der Waals surface area contributed by atoms with Crippen molar-refractivity contribution in [1.29, 1.82) is 0 Å². The molecule has 5 N–H and O–H groups in total. The average molecular weight is 206 g/mol. The third-order valence-corrected chi connectivity index (χ3v) is 2.03. The van der Waals surface area contributed by atoms with E-state index >= 15 is 0 Å². The summed E-state index contributed by atoms with van der Waals surface area (Å²) in [5.74, 6) is 0.381. The van der Waals surface area contributed by atoms with E-state index < -0.39 is 0 Å². The van der Waals surface area contributed by atoms with Gasteiger partial charge in [0, 0.05) is 6.54 Å². The smallest absolute Gasteiger partial charge is 0.190 e. The highest BCUT2D eigenvalue weighted by molar-refractivity contribution is 5.78. The Labute approximate surface area is 90.4 Å². The van der Waals surface area contributed by atoms with Gasteiger partial charge in [0.2, 0.25) is 0 Å². The number of hydrogen-bond donors (Lipinski definition) is 3. The van der Waals surface area contributed by atoms with E-state index in [1.807, 2.05) is 38.1 Å². The Kier molecular flexibility index (Phi) is 4.12. The highest BCUT2D eigenvalue weighted by atomic mass is 15.2. The maximum Gasteiger partial charge on any atom is 0.190 e. The first-order valence-corrected chi connectivity index (χ1v) is 5.02. The van der Waals surface area contributed by atoms with Crippen LogP contribution >= 0.6 is 0 Å². The van der Waals surface area contributed by atoms with Gasteiger partial charge in [0.1, 0.15) is 6.17 Å². The van der Waals surface area contributed by atoms with Gasteiger partial charge in [-0.15, -0.1) is 0 Å². The fourth-order valence-electron chi connectivity index (χ4n) is 1.32. The van der Waals surface area contributed by atoms with E-state index in [1.165, 1.54) is 5.56 Å². The van der Waals surface area contributed by atoms with Gasteiger partial charge in [-0.1, -0.05) is 29.8 Å². The van der Waals surface area contributed by atoms with Crippen LogP contribution in [0.15, 0.2) is 29.3 Å². The molecular formula is C11H18N4. The van der Waals surface area contributed by atoms with Crippen LogP contribution in [0.1, 0.15) is 24.2 Å². The Balaban J connectivity index is 2.69. The molecule has 4 nitrogen and oxygen atoms in total. The first-order chi connectivity index (χ1) is 7.13. The maximum absolute atomic E-state index is 5.92. The minimum atomic E-state index is -0.305. The molecule has 1 rings (SSSR count). The highest BCUT2D eigenvalue weighted by Gasteiger charge is 2.05. The van der Waals surface area contributed by atoms with Crippen LogP contribution in [0.4, 0.5) is 0 Å². The molecular weight excluding hydrogens is 188 g/mol. The molecule has 4 heteroatoms. The summed E-state index contributed by atoms with van der Waals surface area (Å²) in [5, 5.41) is 2.93. The molecule has 0 aromatic heterocycles. The molecule has 0 amide bonds. The minimum Gasteiger partial charge on any atom is -0.370 e. The predicted octanol–water partition coefficient (Wildman–Crippen LogP) is 0.877. The van der Waals surface area contributed by atoms with Crippen LogP contribution in [0.25, 0.3) is 0 Å². The number of nitrogens with two attached hydrogens (primary N) is 2. The zero-order valence-corrected chi connectivity index (χ0v) is 9.20. The summed E-state index contributed by atoms with van der Waals surface area (Å²) in [4.78, 5) is 4.02. The number of aryl methyl sites for hydroxylation is 1. The van der Waals surface area contributed by atoms with Crippen LogP contribution in [-0.2, 0) is 0 Å². The molecule has 0 bridgehead atoms. The number of rotatable bonds is 3. The van der Waals surface area contributed by atoms with E-state index in [2.05, 4.69) is 10.3 Å². The molecule has 0 aliphatic heterocycles. The maximum atomic E-state index is 5.92. The Morgan fingerprint density at radius 1 is 1.53 bits per heavy atom. The molecule has 0 heterocycles. The van der Waals surface area contributed by atoms with E-state index in [0.29, 0.717) is 12.5 Å². The lowest BCUT2D eigenvalue weighted by Crippen LogP contribution is -2.39. The Morgan fingerprint density at radius 3 is 2.87 bits per heavy atom. The van der Waals surface area contributed by atoms with Crippen molar-refractivity contribution in [2.24, 2.45) is 16.5 Å². The van der Waals surface area contributed by atoms with Crippen LogP contribution < -0.4 is 16.8 Å². The second kappa shape index (κ2) is 5.36. The second-order valence-corrected chi connectivity index (χ2v) is 3.40. The summed E-state index contributed by atoms with van der Waals surface area (Å²) in [5.41, 5.74) is 13.7. The molecule has 0 aliphatic rings. The van der Waals surface area contributed by atoms with E-state index in [0.717, 1.165) is 5.56 Å². The van der Waals surface area contributed by atoms with Crippen molar-refractivity contribution in [1.82, 2.24) is 5.32 Å². The molecule has 1 aromatic rings. The van der Waals surface area contributed by atoms with Crippen molar-refractivity contribution >= 4 is 5.96 Å². The quantitative estimate of drug-likeness (QED) is 0.390. The van der Waals surface area contributed by atoms with Gasteiger partial charge in [0.05, 0.1) is 0 Å². The Morgan fingerprint density at radius 2 is 2.27 bits per heavy atom. The molecule has 0 radical (unpaired) electrons. The monoisotopic (exact) mass is 206 g/mol. The lowest BCUT2D eigenvalue weighted by atomic mass is 10.1. The third kappa shape index (κ3) is 3.59. The van der Waals surface area contributed by atoms with Crippen LogP contribution in [0.2, 0.25) is 0 Å². The third-order valence-electron chi connectivity index (χ3n) is 2.03. The van der Waals surface area contributed by atoms with Crippen LogP contribution in [0, 0.1) is 6.92 Å². The molecule has 0 unspecified atom stereocenters. The summed E-state index contributed by atoms with van der Waals surface area (Å²) in [6.07, 6.45) is -0.305. The first kappa shape index (κ1) is 11.5. The SMILES string of the molecule is CCN=C(N)N[C@H](N)c1cccc(C)c1. The Hall–Kier alpha value is -1.55.